The van der Waals surface area contributed by atoms with Gasteiger partial charge in [-0.3, -0.25) is 19.2 Å². The molecule has 0 fully saturated rings. The van der Waals surface area contributed by atoms with Crippen LogP contribution in [0.15, 0.2) is 60.7 Å². The predicted molar refractivity (Wildman–Crippen MR) is 134 cm³/mol. The van der Waals surface area contributed by atoms with Gasteiger partial charge < -0.3 is 14.8 Å². The first kappa shape index (κ1) is 25.8. The van der Waals surface area contributed by atoms with Crippen LogP contribution in [0.4, 0.5) is 11.4 Å². The summed E-state index contributed by atoms with van der Waals surface area (Å²) in [6.45, 7) is 0.521. The molecular formula is C24H27N3O7S. The van der Waals surface area contributed by atoms with Crippen LogP contribution in [0.5, 0.6) is 11.5 Å². The van der Waals surface area contributed by atoms with Crippen molar-refractivity contribution in [2.45, 2.75) is 12.8 Å². The molecule has 11 heteroatoms. The summed E-state index contributed by atoms with van der Waals surface area (Å²) in [5, 5.41) is 15.9. The SMILES string of the molecule is COc1ccc([N+](=O)[O-])cc1N(CCCC(=O)NCCOc1cccc2ccccc12)S(C)(=O)=O. The maximum Gasteiger partial charge on any atom is 0.271 e. The number of hydrogen-bond acceptors (Lipinski definition) is 7. The van der Waals surface area contributed by atoms with Crippen LogP contribution >= 0.6 is 0 Å². The molecule has 0 saturated heterocycles. The van der Waals surface area contributed by atoms with Crippen molar-refractivity contribution in [1.29, 1.82) is 0 Å². The zero-order valence-corrected chi connectivity index (χ0v) is 20.3. The number of methoxy groups -OCH3 is 1. The molecule has 0 unspecified atom stereocenters. The monoisotopic (exact) mass is 501 g/mol. The second-order valence-corrected chi connectivity index (χ2v) is 9.63. The van der Waals surface area contributed by atoms with E-state index < -0.39 is 14.9 Å². The van der Waals surface area contributed by atoms with Gasteiger partial charge in [-0.1, -0.05) is 36.4 Å². The topological polar surface area (TPSA) is 128 Å². The number of nitrogens with one attached hydrogen (secondary N) is 1. The number of fused-ring (bicyclic) bond motifs is 1. The van der Waals surface area contributed by atoms with E-state index in [0.717, 1.165) is 33.1 Å². The summed E-state index contributed by atoms with van der Waals surface area (Å²) < 4.78 is 36.8. The number of amides is 1. The molecule has 3 rings (SSSR count). The summed E-state index contributed by atoms with van der Waals surface area (Å²) in [4.78, 5) is 22.8. The molecule has 0 saturated carbocycles. The first-order valence-electron chi connectivity index (χ1n) is 10.9. The smallest absolute Gasteiger partial charge is 0.271 e. The quantitative estimate of drug-likeness (QED) is 0.228. The number of sulfonamides is 1. The third kappa shape index (κ3) is 6.82. The Morgan fingerprint density at radius 1 is 1.09 bits per heavy atom. The summed E-state index contributed by atoms with van der Waals surface area (Å²) in [5.74, 6) is 0.647. The van der Waals surface area contributed by atoms with Gasteiger partial charge in [0.15, 0.2) is 0 Å². The van der Waals surface area contributed by atoms with Crippen molar-refractivity contribution in [3.63, 3.8) is 0 Å². The van der Waals surface area contributed by atoms with Gasteiger partial charge in [-0.15, -0.1) is 0 Å². The Bertz CT molecular complexity index is 1310. The van der Waals surface area contributed by atoms with E-state index in [0.29, 0.717) is 0 Å². The largest absolute Gasteiger partial charge is 0.495 e. The number of non-ortho nitro benzene ring substituents is 1. The van der Waals surface area contributed by atoms with E-state index in [1.54, 1.807) is 0 Å². The molecule has 0 aliphatic carbocycles. The minimum Gasteiger partial charge on any atom is -0.495 e. The molecule has 1 amide bonds. The average molecular weight is 502 g/mol. The van der Waals surface area contributed by atoms with Crippen LogP contribution in [0, 0.1) is 10.1 Å². The van der Waals surface area contributed by atoms with Crippen LogP contribution in [0.25, 0.3) is 10.8 Å². The molecule has 3 aromatic rings. The molecule has 0 aliphatic heterocycles. The highest BCUT2D eigenvalue weighted by molar-refractivity contribution is 7.92. The van der Waals surface area contributed by atoms with Crippen LogP contribution in [-0.2, 0) is 14.8 Å². The molecule has 0 heterocycles. The molecule has 10 nitrogen and oxygen atoms in total. The Balaban J connectivity index is 1.53. The fourth-order valence-corrected chi connectivity index (χ4v) is 4.56. The lowest BCUT2D eigenvalue weighted by Gasteiger charge is -2.24. The van der Waals surface area contributed by atoms with E-state index in [4.69, 9.17) is 9.47 Å². The van der Waals surface area contributed by atoms with Crippen molar-refractivity contribution in [1.82, 2.24) is 5.32 Å². The number of nitrogens with zero attached hydrogens (tertiary/aromatic N) is 2. The van der Waals surface area contributed by atoms with Gasteiger partial charge in [0, 0.05) is 30.5 Å². The van der Waals surface area contributed by atoms with Gasteiger partial charge in [0.25, 0.3) is 5.69 Å². The fraction of sp³-hybridized carbons (Fsp3) is 0.292. The summed E-state index contributed by atoms with van der Waals surface area (Å²) in [6, 6.07) is 17.3. The number of rotatable bonds is 12. The standard InChI is InChI=1S/C24H27N3O7S/c1-33-23-13-12-19(27(29)30)17-21(23)26(35(2,31)32)15-6-11-24(28)25-14-16-34-22-10-5-8-18-7-3-4-9-20(18)22/h3-5,7-10,12-13,17H,6,11,14-16H2,1-2H3,(H,25,28). The van der Waals surface area contributed by atoms with Gasteiger partial charge in [-0.05, 0) is 23.9 Å². The van der Waals surface area contributed by atoms with Crippen LogP contribution in [-0.4, -0.2) is 52.3 Å². The number of carbonyl (C=O) groups excluding carboxylic acids is 1. The number of benzene rings is 3. The molecule has 0 spiro atoms. The van der Waals surface area contributed by atoms with Gasteiger partial charge in [0.05, 0.1) is 24.8 Å². The van der Waals surface area contributed by atoms with Crippen LogP contribution in [0.3, 0.4) is 0 Å². The molecule has 1 N–H and O–H groups in total. The Hall–Kier alpha value is -3.86. The van der Waals surface area contributed by atoms with Crippen LogP contribution < -0.4 is 19.1 Å². The van der Waals surface area contributed by atoms with E-state index in [1.807, 2.05) is 42.5 Å². The minimum absolute atomic E-state index is 0.0454. The summed E-state index contributed by atoms with van der Waals surface area (Å²) >= 11 is 0. The normalized spacial score (nSPS) is 11.1. The van der Waals surface area contributed by atoms with Crippen molar-refractivity contribution in [2.75, 3.05) is 37.4 Å². The molecule has 0 aromatic heterocycles. The van der Waals surface area contributed by atoms with Crippen LogP contribution in [0.2, 0.25) is 0 Å². The Kier molecular flexibility index (Phi) is 8.48. The van der Waals surface area contributed by atoms with Gasteiger partial charge in [0.2, 0.25) is 15.9 Å². The number of nitro benzene ring substituents is 1. The minimum atomic E-state index is -3.78. The lowest BCUT2D eigenvalue weighted by molar-refractivity contribution is -0.384. The zero-order valence-electron chi connectivity index (χ0n) is 19.5. The highest BCUT2D eigenvalue weighted by atomic mass is 32.2. The van der Waals surface area contributed by atoms with Gasteiger partial charge in [-0.25, -0.2) is 8.42 Å². The fourth-order valence-electron chi connectivity index (χ4n) is 3.60. The molecular weight excluding hydrogens is 474 g/mol. The lowest BCUT2D eigenvalue weighted by Crippen LogP contribution is -2.33. The number of hydrogen-bond donors (Lipinski definition) is 1. The number of anilines is 1. The first-order valence-corrected chi connectivity index (χ1v) is 12.7. The highest BCUT2D eigenvalue weighted by Gasteiger charge is 2.24. The summed E-state index contributed by atoms with van der Waals surface area (Å²) in [7, 11) is -2.44. The molecule has 3 aromatic carbocycles. The maximum absolute atomic E-state index is 12.4. The molecule has 0 bridgehead atoms. The molecule has 0 atom stereocenters. The van der Waals surface area contributed by atoms with Crippen molar-refractivity contribution >= 4 is 38.1 Å². The summed E-state index contributed by atoms with van der Waals surface area (Å²) in [6.07, 6.45) is 1.27. The van der Waals surface area contributed by atoms with E-state index in [9.17, 15) is 23.3 Å². The van der Waals surface area contributed by atoms with E-state index >= 15 is 0 Å². The van der Waals surface area contributed by atoms with E-state index in [-0.39, 0.29) is 55.6 Å². The summed E-state index contributed by atoms with van der Waals surface area (Å²) in [5.41, 5.74) is -0.216. The number of nitro groups is 1. The third-order valence-corrected chi connectivity index (χ3v) is 6.42. The maximum atomic E-state index is 12.4. The number of ether oxygens (including phenoxy) is 2. The Morgan fingerprint density at radius 2 is 1.83 bits per heavy atom. The van der Waals surface area contributed by atoms with Crippen molar-refractivity contribution in [3.05, 3.63) is 70.8 Å². The van der Waals surface area contributed by atoms with Gasteiger partial charge >= 0.3 is 0 Å². The van der Waals surface area contributed by atoms with Gasteiger partial charge in [-0.2, -0.15) is 0 Å². The highest BCUT2D eigenvalue weighted by Crippen LogP contribution is 2.34. The Morgan fingerprint density at radius 3 is 2.54 bits per heavy atom. The Labute approximate surface area is 203 Å². The van der Waals surface area contributed by atoms with Gasteiger partial charge in [0.1, 0.15) is 23.8 Å². The average Bonchev–Trinajstić information content (AvgIpc) is 2.83. The molecule has 186 valence electrons. The van der Waals surface area contributed by atoms with Crippen molar-refractivity contribution in [2.24, 2.45) is 0 Å². The third-order valence-electron chi connectivity index (χ3n) is 5.24. The molecule has 0 aliphatic rings. The van der Waals surface area contributed by atoms with E-state index in [2.05, 4.69) is 5.32 Å². The lowest BCUT2D eigenvalue weighted by atomic mass is 10.1. The zero-order chi connectivity index (χ0) is 25.4. The van der Waals surface area contributed by atoms with E-state index in [1.165, 1.54) is 19.2 Å². The molecule has 35 heavy (non-hydrogen) atoms. The number of carbonyl (C=O) groups is 1. The second-order valence-electron chi connectivity index (χ2n) is 7.73. The van der Waals surface area contributed by atoms with Crippen molar-refractivity contribution < 1.29 is 27.6 Å². The second kappa shape index (κ2) is 11.5. The predicted octanol–water partition coefficient (Wildman–Crippen LogP) is 3.50. The first-order chi connectivity index (χ1) is 16.7. The van der Waals surface area contributed by atoms with Crippen LogP contribution in [0.1, 0.15) is 12.8 Å². The molecule has 0 radical (unpaired) electrons. The van der Waals surface area contributed by atoms with Crippen molar-refractivity contribution in [3.8, 4) is 11.5 Å².